The van der Waals surface area contributed by atoms with Crippen LogP contribution < -0.4 is 0 Å². The molecule has 3 atom stereocenters. The first-order valence-electron chi connectivity index (χ1n) is 15.4. The number of fused-ring (bicyclic) bond motifs is 2. The number of allylic oxidation sites excluding steroid dienone is 9. The maximum atomic E-state index is 15.0. The third-order valence-corrected chi connectivity index (χ3v) is 9.69. The highest BCUT2D eigenvalue weighted by molar-refractivity contribution is 6.41. The number of hydrogen-bond acceptors (Lipinski definition) is 5. The monoisotopic (exact) mass is 586 g/mol. The van der Waals surface area contributed by atoms with Crippen molar-refractivity contribution in [3.8, 4) is 5.75 Å². The van der Waals surface area contributed by atoms with Gasteiger partial charge in [0, 0.05) is 5.56 Å². The Morgan fingerprint density at radius 1 is 0.860 bits per heavy atom. The van der Waals surface area contributed by atoms with Crippen LogP contribution in [0.15, 0.2) is 76.4 Å². The summed E-state index contributed by atoms with van der Waals surface area (Å²) in [5.41, 5.74) is 0.430. The van der Waals surface area contributed by atoms with Crippen molar-refractivity contribution in [3.05, 3.63) is 82.0 Å². The molecule has 2 aliphatic rings. The number of Topliss-reactive ketones (excluding diaryl/α,β-unsaturated/α-hetero) is 3. The van der Waals surface area contributed by atoms with Gasteiger partial charge in [-0.1, -0.05) is 72.6 Å². The molecule has 5 nitrogen and oxygen atoms in total. The summed E-state index contributed by atoms with van der Waals surface area (Å²) >= 11 is 0. The summed E-state index contributed by atoms with van der Waals surface area (Å²) in [6, 6.07) is 5.90. The third-order valence-electron chi connectivity index (χ3n) is 9.69. The number of aliphatic hydroxyl groups is 1. The van der Waals surface area contributed by atoms with Crippen LogP contribution in [0.1, 0.15) is 106 Å². The van der Waals surface area contributed by atoms with E-state index in [1.807, 2.05) is 60.6 Å². The molecule has 43 heavy (non-hydrogen) atoms. The Hall–Kier alpha value is -3.47. The van der Waals surface area contributed by atoms with Gasteiger partial charge in [0.15, 0.2) is 17.3 Å². The fourth-order valence-electron chi connectivity index (χ4n) is 6.85. The number of hydrogen-bond donors (Lipinski definition) is 2. The highest BCUT2D eigenvalue weighted by atomic mass is 16.3. The molecule has 2 aliphatic carbocycles. The minimum atomic E-state index is -1.54. The van der Waals surface area contributed by atoms with Crippen LogP contribution in [-0.4, -0.2) is 27.6 Å². The van der Waals surface area contributed by atoms with Gasteiger partial charge in [0.2, 0.25) is 0 Å². The fourth-order valence-corrected chi connectivity index (χ4v) is 6.85. The van der Waals surface area contributed by atoms with E-state index in [2.05, 4.69) is 26.0 Å². The lowest BCUT2D eigenvalue weighted by atomic mass is 9.38. The number of carbonyl (C=O) groups is 3. The minimum Gasteiger partial charge on any atom is -0.508 e. The molecule has 2 N–H and O–H groups in total. The molecule has 0 amide bonds. The predicted molar refractivity (Wildman–Crippen MR) is 175 cm³/mol. The van der Waals surface area contributed by atoms with E-state index in [4.69, 9.17) is 0 Å². The summed E-state index contributed by atoms with van der Waals surface area (Å²) < 4.78 is 0. The molecule has 2 bridgehead atoms. The normalized spacial score (nSPS) is 26.1. The van der Waals surface area contributed by atoms with Crippen LogP contribution in [0.25, 0.3) is 5.76 Å². The molecule has 3 rings (SSSR count). The van der Waals surface area contributed by atoms with Crippen molar-refractivity contribution < 1.29 is 24.6 Å². The lowest BCUT2D eigenvalue weighted by Gasteiger charge is -2.60. The van der Waals surface area contributed by atoms with E-state index in [1.54, 1.807) is 12.1 Å². The highest BCUT2D eigenvalue weighted by Crippen LogP contribution is 2.65. The Morgan fingerprint density at radius 2 is 1.49 bits per heavy atom. The zero-order chi connectivity index (χ0) is 32.3. The number of aromatic hydroxyl groups is 1. The number of phenols is 1. The van der Waals surface area contributed by atoms with Crippen LogP contribution in [0.4, 0.5) is 0 Å². The molecule has 0 aliphatic heterocycles. The summed E-state index contributed by atoms with van der Waals surface area (Å²) in [6.45, 7) is 18.0. The van der Waals surface area contributed by atoms with Gasteiger partial charge in [0.1, 0.15) is 22.5 Å². The molecule has 0 radical (unpaired) electrons. The van der Waals surface area contributed by atoms with E-state index < -0.39 is 33.6 Å². The van der Waals surface area contributed by atoms with Gasteiger partial charge in [-0.2, -0.15) is 0 Å². The van der Waals surface area contributed by atoms with Crippen molar-refractivity contribution in [1.29, 1.82) is 0 Å². The Kier molecular flexibility index (Phi) is 10.3. The van der Waals surface area contributed by atoms with Gasteiger partial charge in [-0.3, -0.25) is 14.4 Å². The van der Waals surface area contributed by atoms with E-state index >= 15 is 0 Å². The number of ketones is 3. The van der Waals surface area contributed by atoms with Crippen LogP contribution in [0, 0.1) is 22.2 Å². The molecule has 0 unspecified atom stereocenters. The molecular formula is C38H50O5. The zero-order valence-corrected chi connectivity index (χ0v) is 27.6. The lowest BCUT2D eigenvalue weighted by Crippen LogP contribution is -2.69. The molecule has 5 heteroatoms. The molecule has 2 fully saturated rings. The van der Waals surface area contributed by atoms with Crippen molar-refractivity contribution in [3.63, 3.8) is 0 Å². The standard InChI is InChI=1S/C38H50O5/c1-24(2)12-10-13-27(7)19-20-37-23-29(17-16-25(3)4)36(8,9)38(35(37)43,21-18-26(5)6)34(42)31(33(37)41)32(40)28-14-11-15-30(39)22-28/h11-12,14-16,18-19,22,29,39-40H,10,13,17,20-21,23H2,1-9H3/b27-19+,32-31-/t29-,37+,38-/m1/s1. The Bertz CT molecular complexity index is 1430. The Balaban J connectivity index is 2.36. The summed E-state index contributed by atoms with van der Waals surface area (Å²) in [5.74, 6) is -2.25. The van der Waals surface area contributed by atoms with E-state index in [-0.39, 0.29) is 41.4 Å². The van der Waals surface area contributed by atoms with Crippen LogP contribution >= 0.6 is 0 Å². The first-order valence-corrected chi connectivity index (χ1v) is 15.4. The molecule has 0 saturated heterocycles. The zero-order valence-electron chi connectivity index (χ0n) is 27.6. The Labute approximate surface area is 258 Å². The number of carbonyl (C=O) groups excluding carboxylic acids is 3. The average Bonchev–Trinajstić information content (AvgIpc) is 2.91. The fraction of sp³-hybridized carbons (Fsp3) is 0.500. The number of benzene rings is 1. The first-order chi connectivity index (χ1) is 20.0. The van der Waals surface area contributed by atoms with Gasteiger partial charge in [-0.25, -0.2) is 0 Å². The second kappa shape index (κ2) is 13.0. The van der Waals surface area contributed by atoms with Gasteiger partial charge < -0.3 is 10.2 Å². The van der Waals surface area contributed by atoms with E-state index in [0.29, 0.717) is 12.8 Å². The second-order valence-electron chi connectivity index (χ2n) is 13.9. The topological polar surface area (TPSA) is 91.7 Å². The predicted octanol–water partition coefficient (Wildman–Crippen LogP) is 9.20. The van der Waals surface area contributed by atoms with E-state index in [1.165, 1.54) is 17.7 Å². The highest BCUT2D eigenvalue weighted by Gasteiger charge is 2.73. The summed E-state index contributed by atoms with van der Waals surface area (Å²) in [7, 11) is 0. The van der Waals surface area contributed by atoms with Crippen LogP contribution in [-0.2, 0) is 14.4 Å². The number of rotatable bonds is 10. The van der Waals surface area contributed by atoms with Crippen LogP contribution in [0.3, 0.4) is 0 Å². The van der Waals surface area contributed by atoms with Crippen LogP contribution in [0.2, 0.25) is 0 Å². The molecule has 0 spiro atoms. The van der Waals surface area contributed by atoms with Crippen molar-refractivity contribution >= 4 is 23.1 Å². The van der Waals surface area contributed by atoms with Gasteiger partial charge in [-0.15, -0.1) is 0 Å². The van der Waals surface area contributed by atoms with Crippen LogP contribution in [0.5, 0.6) is 5.75 Å². The molecule has 0 aromatic heterocycles. The van der Waals surface area contributed by atoms with Gasteiger partial charge in [0.25, 0.3) is 0 Å². The second-order valence-corrected chi connectivity index (χ2v) is 13.9. The van der Waals surface area contributed by atoms with Crippen molar-refractivity contribution in [1.82, 2.24) is 0 Å². The quantitative estimate of drug-likeness (QED) is 0.0937. The van der Waals surface area contributed by atoms with Gasteiger partial charge in [0.05, 0.1) is 5.41 Å². The molecule has 1 aromatic carbocycles. The molecule has 0 heterocycles. The maximum Gasteiger partial charge on any atom is 0.184 e. The number of aliphatic hydroxyl groups excluding tert-OH is 1. The third kappa shape index (κ3) is 6.41. The van der Waals surface area contributed by atoms with Crippen molar-refractivity contribution in [2.75, 3.05) is 0 Å². The largest absolute Gasteiger partial charge is 0.508 e. The maximum absolute atomic E-state index is 15.0. The lowest BCUT2D eigenvalue weighted by molar-refractivity contribution is -0.176. The summed E-state index contributed by atoms with van der Waals surface area (Å²) in [4.78, 5) is 44.5. The smallest absolute Gasteiger partial charge is 0.184 e. The van der Waals surface area contributed by atoms with Crippen molar-refractivity contribution in [2.24, 2.45) is 22.2 Å². The van der Waals surface area contributed by atoms with Gasteiger partial charge >= 0.3 is 0 Å². The van der Waals surface area contributed by atoms with Crippen molar-refractivity contribution in [2.45, 2.75) is 101 Å². The van der Waals surface area contributed by atoms with E-state index in [0.717, 1.165) is 29.6 Å². The SMILES string of the molecule is CC(C)=CCC/C(C)=C/C[C@]12C[C@@H](CC=C(C)C)C(C)(C)[C@](CC=C(C)C)(C(=O)/C(=C(\O)c3cccc(O)c3)C1=O)C2=O. The molecule has 1 aromatic rings. The van der Waals surface area contributed by atoms with E-state index in [9.17, 15) is 24.6 Å². The molecule has 2 saturated carbocycles. The summed E-state index contributed by atoms with van der Waals surface area (Å²) in [6.07, 6.45) is 11.1. The Morgan fingerprint density at radius 3 is 2.07 bits per heavy atom. The summed E-state index contributed by atoms with van der Waals surface area (Å²) in [5, 5.41) is 21.7. The number of phenolic OH excluding ortho intramolecular Hbond substituents is 1. The van der Waals surface area contributed by atoms with Gasteiger partial charge in [-0.05, 0) is 110 Å². The minimum absolute atomic E-state index is 0.0948. The first kappa shape index (κ1) is 34.0. The molecular weight excluding hydrogens is 536 g/mol. The average molecular weight is 587 g/mol. The molecule has 232 valence electrons.